The van der Waals surface area contributed by atoms with Gasteiger partial charge in [-0.25, -0.2) is 0 Å². The lowest BCUT2D eigenvalue weighted by Crippen LogP contribution is -2.07. The molecular formula is C8H13BrO. The third-order valence-electron chi connectivity index (χ3n) is 1.84. The first kappa shape index (κ1) is 8.28. The van der Waals surface area contributed by atoms with E-state index in [-0.39, 0.29) is 6.10 Å². The fourth-order valence-electron chi connectivity index (χ4n) is 1.17. The Bertz CT molecular complexity index is 131. The Balaban J connectivity index is 2.48. The van der Waals surface area contributed by atoms with Crippen LogP contribution in [0, 0.1) is 0 Å². The Morgan fingerprint density at radius 3 is 3.00 bits per heavy atom. The molecule has 0 saturated heterocycles. The van der Waals surface area contributed by atoms with Crippen LogP contribution in [0.1, 0.15) is 32.1 Å². The molecule has 0 spiro atoms. The van der Waals surface area contributed by atoms with Crippen molar-refractivity contribution in [1.82, 2.24) is 0 Å². The van der Waals surface area contributed by atoms with E-state index in [1.54, 1.807) is 0 Å². The zero-order chi connectivity index (χ0) is 7.40. The topological polar surface area (TPSA) is 20.2 Å². The average molecular weight is 205 g/mol. The van der Waals surface area contributed by atoms with Gasteiger partial charge >= 0.3 is 0 Å². The van der Waals surface area contributed by atoms with Gasteiger partial charge in [-0.2, -0.15) is 0 Å². The molecule has 2 heteroatoms. The van der Waals surface area contributed by atoms with E-state index in [9.17, 15) is 5.11 Å². The molecule has 0 fully saturated rings. The van der Waals surface area contributed by atoms with Crippen LogP contribution in [0.15, 0.2) is 10.6 Å². The molecule has 0 heterocycles. The van der Waals surface area contributed by atoms with Crippen molar-refractivity contribution in [2.75, 3.05) is 0 Å². The van der Waals surface area contributed by atoms with E-state index in [0.29, 0.717) is 0 Å². The molecule has 0 radical (unpaired) electrons. The minimum Gasteiger partial charge on any atom is -0.388 e. The molecule has 58 valence electrons. The smallest absolute Gasteiger partial charge is 0.0851 e. The average Bonchev–Trinajstić information content (AvgIpc) is 1.92. The number of hydrogen-bond acceptors (Lipinski definition) is 1. The zero-order valence-corrected chi connectivity index (χ0v) is 7.60. The normalized spacial score (nSPS) is 33.8. The Morgan fingerprint density at radius 2 is 2.20 bits per heavy atom. The molecule has 1 aliphatic carbocycles. The van der Waals surface area contributed by atoms with Crippen molar-refractivity contribution < 1.29 is 5.11 Å². The van der Waals surface area contributed by atoms with Gasteiger partial charge in [-0.1, -0.05) is 34.8 Å². The second-order valence-electron chi connectivity index (χ2n) is 2.74. The largest absolute Gasteiger partial charge is 0.388 e. The van der Waals surface area contributed by atoms with E-state index in [4.69, 9.17) is 0 Å². The first-order chi connectivity index (χ1) is 4.80. The van der Waals surface area contributed by atoms with Crippen molar-refractivity contribution in [1.29, 1.82) is 0 Å². The second-order valence-corrected chi connectivity index (χ2v) is 3.66. The van der Waals surface area contributed by atoms with E-state index in [1.807, 2.05) is 0 Å². The maximum absolute atomic E-state index is 9.37. The lowest BCUT2D eigenvalue weighted by atomic mass is 10.0. The molecule has 0 aromatic rings. The summed E-state index contributed by atoms with van der Waals surface area (Å²) in [6, 6.07) is 0. The molecule has 1 nitrogen and oxygen atoms in total. The molecule has 0 aromatic heterocycles. The van der Waals surface area contributed by atoms with Gasteiger partial charge in [0, 0.05) is 4.48 Å². The van der Waals surface area contributed by atoms with Crippen LogP contribution in [0.2, 0.25) is 0 Å². The van der Waals surface area contributed by atoms with Crippen molar-refractivity contribution in [3.63, 3.8) is 0 Å². The molecule has 0 aromatic carbocycles. The van der Waals surface area contributed by atoms with E-state index in [1.165, 1.54) is 12.8 Å². The molecule has 0 aliphatic heterocycles. The molecule has 0 bridgehead atoms. The number of hydrogen-bond donors (Lipinski definition) is 1. The predicted molar refractivity (Wildman–Crippen MR) is 46.1 cm³/mol. The van der Waals surface area contributed by atoms with Crippen LogP contribution < -0.4 is 0 Å². The Kier molecular flexibility index (Phi) is 3.43. The van der Waals surface area contributed by atoms with E-state index in [2.05, 4.69) is 22.0 Å². The minimum absolute atomic E-state index is 0.236. The monoisotopic (exact) mass is 204 g/mol. The number of aliphatic hydroxyl groups excluding tert-OH is 1. The number of aliphatic hydroxyl groups is 1. The van der Waals surface area contributed by atoms with E-state index < -0.39 is 0 Å². The van der Waals surface area contributed by atoms with Gasteiger partial charge in [0.05, 0.1) is 6.10 Å². The Labute approximate surface area is 70.3 Å². The summed E-state index contributed by atoms with van der Waals surface area (Å²) in [6.07, 6.45) is 7.55. The van der Waals surface area contributed by atoms with Gasteiger partial charge in [-0.05, 0) is 19.3 Å². The summed E-state index contributed by atoms with van der Waals surface area (Å²) < 4.78 is 0.979. The van der Waals surface area contributed by atoms with Crippen LogP contribution in [-0.2, 0) is 0 Å². The van der Waals surface area contributed by atoms with Crippen LogP contribution in [0.3, 0.4) is 0 Å². The van der Waals surface area contributed by atoms with Crippen molar-refractivity contribution in [2.24, 2.45) is 0 Å². The van der Waals surface area contributed by atoms with Gasteiger partial charge in [0.15, 0.2) is 0 Å². The number of allylic oxidation sites excluding steroid dienone is 1. The highest BCUT2D eigenvalue weighted by molar-refractivity contribution is 9.11. The van der Waals surface area contributed by atoms with Crippen molar-refractivity contribution in [2.45, 2.75) is 38.2 Å². The summed E-state index contributed by atoms with van der Waals surface area (Å²) in [5, 5.41) is 9.37. The van der Waals surface area contributed by atoms with Crippen LogP contribution in [0.5, 0.6) is 0 Å². The third-order valence-corrected chi connectivity index (χ3v) is 2.69. The van der Waals surface area contributed by atoms with E-state index in [0.717, 1.165) is 23.7 Å². The summed E-state index contributed by atoms with van der Waals surface area (Å²) in [5.41, 5.74) is 0. The van der Waals surface area contributed by atoms with E-state index >= 15 is 0 Å². The first-order valence-electron chi connectivity index (χ1n) is 3.84. The van der Waals surface area contributed by atoms with Gasteiger partial charge in [-0.3, -0.25) is 0 Å². The van der Waals surface area contributed by atoms with Gasteiger partial charge < -0.3 is 5.11 Å². The summed E-state index contributed by atoms with van der Waals surface area (Å²) >= 11 is 3.35. The Morgan fingerprint density at radius 1 is 1.40 bits per heavy atom. The first-order valence-corrected chi connectivity index (χ1v) is 4.63. The maximum Gasteiger partial charge on any atom is 0.0851 e. The van der Waals surface area contributed by atoms with Crippen molar-refractivity contribution in [3.8, 4) is 0 Å². The summed E-state index contributed by atoms with van der Waals surface area (Å²) in [7, 11) is 0. The van der Waals surface area contributed by atoms with Crippen LogP contribution in [0.25, 0.3) is 0 Å². The van der Waals surface area contributed by atoms with Crippen LogP contribution >= 0.6 is 15.9 Å². The molecule has 1 rings (SSSR count). The molecule has 1 atom stereocenters. The molecule has 0 saturated carbocycles. The third kappa shape index (κ3) is 2.43. The van der Waals surface area contributed by atoms with Crippen LogP contribution in [-0.4, -0.2) is 11.2 Å². The standard InChI is InChI=1S/C8H13BrO/c9-7-5-3-1-2-4-6-8(7)10/h5,8,10H,1-4,6H2/b7-5-. The summed E-state index contributed by atoms with van der Waals surface area (Å²) in [4.78, 5) is 0. The minimum atomic E-state index is -0.236. The molecular weight excluding hydrogens is 192 g/mol. The van der Waals surface area contributed by atoms with Crippen molar-refractivity contribution in [3.05, 3.63) is 10.6 Å². The highest BCUT2D eigenvalue weighted by atomic mass is 79.9. The summed E-state index contributed by atoms with van der Waals surface area (Å²) in [5.74, 6) is 0. The van der Waals surface area contributed by atoms with Gasteiger partial charge in [0.1, 0.15) is 0 Å². The lowest BCUT2D eigenvalue weighted by molar-refractivity contribution is 0.203. The van der Waals surface area contributed by atoms with Gasteiger partial charge in [-0.15, -0.1) is 0 Å². The lowest BCUT2D eigenvalue weighted by Gasteiger charge is -2.12. The molecule has 0 amide bonds. The Hall–Kier alpha value is 0.180. The molecule has 10 heavy (non-hydrogen) atoms. The van der Waals surface area contributed by atoms with Gasteiger partial charge in [0.25, 0.3) is 0 Å². The molecule has 1 unspecified atom stereocenters. The highest BCUT2D eigenvalue weighted by Gasteiger charge is 2.08. The SMILES string of the molecule is OC1CCCCC/C=C/1Br. The van der Waals surface area contributed by atoms with Crippen LogP contribution in [0.4, 0.5) is 0 Å². The highest BCUT2D eigenvalue weighted by Crippen LogP contribution is 2.21. The fourth-order valence-corrected chi connectivity index (χ4v) is 1.63. The molecule has 1 N–H and O–H groups in total. The quantitative estimate of drug-likeness (QED) is 0.644. The maximum atomic E-state index is 9.37. The van der Waals surface area contributed by atoms with Gasteiger partial charge in [0.2, 0.25) is 0 Å². The van der Waals surface area contributed by atoms with Crippen molar-refractivity contribution >= 4 is 15.9 Å². The number of rotatable bonds is 0. The summed E-state index contributed by atoms with van der Waals surface area (Å²) in [6.45, 7) is 0. The number of halogens is 1. The molecule has 1 aliphatic rings. The fraction of sp³-hybridized carbons (Fsp3) is 0.750. The second kappa shape index (κ2) is 4.14. The zero-order valence-electron chi connectivity index (χ0n) is 6.02. The predicted octanol–water partition coefficient (Wildman–Crippen LogP) is 2.59.